The molecule has 6 nitrogen and oxygen atoms in total. The summed E-state index contributed by atoms with van der Waals surface area (Å²) in [5.74, 6) is -0.181. The molecule has 1 unspecified atom stereocenters. The van der Waals surface area contributed by atoms with Gasteiger partial charge in [0.05, 0.1) is 0 Å². The molecule has 2 heterocycles. The number of nitrogens with zero attached hydrogens (tertiary/aromatic N) is 1. The fourth-order valence-electron chi connectivity index (χ4n) is 2.21. The van der Waals surface area contributed by atoms with Gasteiger partial charge in [0.2, 0.25) is 11.5 Å². The minimum absolute atomic E-state index is 0.0604. The Morgan fingerprint density at radius 1 is 1.42 bits per heavy atom. The Labute approximate surface area is 110 Å². The third kappa shape index (κ3) is 3.21. The largest absolute Gasteiger partial charge is 0.348 e. The summed E-state index contributed by atoms with van der Waals surface area (Å²) in [5, 5.41) is 2.85. The first-order chi connectivity index (χ1) is 8.95. The zero-order valence-electron chi connectivity index (χ0n) is 11.0. The maximum atomic E-state index is 12.0. The summed E-state index contributed by atoms with van der Waals surface area (Å²) in [6.07, 6.45) is 1.08. The Morgan fingerprint density at radius 3 is 2.79 bits per heavy atom. The van der Waals surface area contributed by atoms with Gasteiger partial charge in [0.15, 0.2) is 0 Å². The molecule has 1 atom stereocenters. The Bertz CT molecular complexity index is 564. The third-order valence-electron chi connectivity index (χ3n) is 3.20. The number of hydrogen-bond acceptors (Lipinski definition) is 3. The molecule has 0 spiro atoms. The number of aromatic amines is 1. The van der Waals surface area contributed by atoms with Gasteiger partial charge in [-0.25, -0.2) is 0 Å². The summed E-state index contributed by atoms with van der Waals surface area (Å²) in [5.41, 5.74) is 0.704. The first-order valence-corrected chi connectivity index (χ1v) is 6.21. The van der Waals surface area contributed by atoms with E-state index >= 15 is 0 Å². The van der Waals surface area contributed by atoms with Crippen molar-refractivity contribution in [2.75, 3.05) is 13.6 Å². The number of piperidine rings is 1. The van der Waals surface area contributed by atoms with E-state index < -0.39 is 0 Å². The quantitative estimate of drug-likeness (QED) is 0.790. The lowest BCUT2D eigenvalue weighted by molar-refractivity contribution is -0.132. The molecule has 19 heavy (non-hydrogen) atoms. The van der Waals surface area contributed by atoms with Gasteiger partial charge in [-0.1, -0.05) is 0 Å². The number of amides is 2. The molecular weight excluding hydrogens is 246 g/mol. The Balaban J connectivity index is 2.05. The molecule has 2 rings (SSSR count). The molecule has 0 radical (unpaired) electrons. The van der Waals surface area contributed by atoms with Gasteiger partial charge >= 0.3 is 0 Å². The fraction of sp³-hybridized carbons (Fsp3) is 0.462. The SMILES string of the molecule is Cc1cc(C(=O)NC2CCC(=O)N(C)C2)cc(=O)[nH]1. The zero-order valence-corrected chi connectivity index (χ0v) is 11.0. The summed E-state index contributed by atoms with van der Waals surface area (Å²) in [6, 6.07) is 2.85. The van der Waals surface area contributed by atoms with E-state index in [0.29, 0.717) is 30.6 Å². The summed E-state index contributed by atoms with van der Waals surface area (Å²) in [7, 11) is 1.72. The van der Waals surface area contributed by atoms with Crippen LogP contribution < -0.4 is 10.9 Å². The van der Waals surface area contributed by atoms with Crippen LogP contribution in [0.4, 0.5) is 0 Å². The van der Waals surface area contributed by atoms with Gasteiger partial charge < -0.3 is 15.2 Å². The van der Waals surface area contributed by atoms with Crippen LogP contribution in [0, 0.1) is 6.92 Å². The van der Waals surface area contributed by atoms with Gasteiger partial charge in [-0.15, -0.1) is 0 Å². The van der Waals surface area contributed by atoms with Gasteiger partial charge in [-0.2, -0.15) is 0 Å². The molecular formula is C13H17N3O3. The van der Waals surface area contributed by atoms with Crippen molar-refractivity contribution in [1.82, 2.24) is 15.2 Å². The van der Waals surface area contributed by atoms with Crippen molar-refractivity contribution in [3.63, 3.8) is 0 Å². The van der Waals surface area contributed by atoms with Gasteiger partial charge in [-0.05, 0) is 19.4 Å². The third-order valence-corrected chi connectivity index (χ3v) is 3.20. The highest BCUT2D eigenvalue weighted by atomic mass is 16.2. The van der Waals surface area contributed by atoms with Crippen LogP contribution >= 0.6 is 0 Å². The minimum atomic E-state index is -0.291. The molecule has 1 saturated heterocycles. The van der Waals surface area contributed by atoms with Crippen LogP contribution in [0.3, 0.4) is 0 Å². The first kappa shape index (κ1) is 13.3. The van der Waals surface area contributed by atoms with Crippen LogP contribution in [-0.2, 0) is 4.79 Å². The number of carbonyl (C=O) groups excluding carboxylic acids is 2. The number of aromatic nitrogens is 1. The lowest BCUT2D eigenvalue weighted by atomic mass is 10.1. The average Bonchev–Trinajstić information content (AvgIpc) is 2.32. The van der Waals surface area contributed by atoms with Crippen LogP contribution in [-0.4, -0.2) is 41.3 Å². The molecule has 1 aromatic heterocycles. The number of likely N-dealkylation sites (tertiary alicyclic amines) is 1. The number of rotatable bonds is 2. The van der Waals surface area contributed by atoms with Crippen LogP contribution in [0.1, 0.15) is 28.9 Å². The number of likely N-dealkylation sites (N-methyl/N-ethyl adjacent to an activating group) is 1. The highest BCUT2D eigenvalue weighted by Gasteiger charge is 2.24. The van der Waals surface area contributed by atoms with E-state index in [2.05, 4.69) is 10.3 Å². The lowest BCUT2D eigenvalue weighted by Crippen LogP contribution is -2.48. The van der Waals surface area contributed by atoms with Crippen LogP contribution in [0.2, 0.25) is 0 Å². The maximum Gasteiger partial charge on any atom is 0.251 e. The van der Waals surface area contributed by atoms with Crippen molar-refractivity contribution in [3.05, 3.63) is 33.7 Å². The second kappa shape index (κ2) is 5.26. The molecule has 1 aromatic rings. The summed E-state index contributed by atoms with van der Waals surface area (Å²) < 4.78 is 0. The lowest BCUT2D eigenvalue weighted by Gasteiger charge is -2.30. The van der Waals surface area contributed by atoms with Crippen LogP contribution in [0.15, 0.2) is 16.9 Å². The highest BCUT2D eigenvalue weighted by Crippen LogP contribution is 2.10. The molecule has 0 bridgehead atoms. The average molecular weight is 263 g/mol. The number of aryl methyl sites for hydroxylation is 1. The fourth-order valence-corrected chi connectivity index (χ4v) is 2.21. The summed E-state index contributed by atoms with van der Waals surface area (Å²) >= 11 is 0. The first-order valence-electron chi connectivity index (χ1n) is 6.21. The molecule has 1 aliphatic rings. The van der Waals surface area contributed by atoms with E-state index in [0.717, 1.165) is 0 Å². The van der Waals surface area contributed by atoms with Crippen molar-refractivity contribution in [3.8, 4) is 0 Å². The van der Waals surface area contributed by atoms with E-state index in [1.165, 1.54) is 6.07 Å². The molecule has 6 heteroatoms. The van der Waals surface area contributed by atoms with Crippen LogP contribution in [0.25, 0.3) is 0 Å². The molecule has 2 amide bonds. The Kier molecular flexibility index (Phi) is 3.69. The zero-order chi connectivity index (χ0) is 14.0. The van der Waals surface area contributed by atoms with E-state index in [1.807, 2.05) is 0 Å². The van der Waals surface area contributed by atoms with Crippen molar-refractivity contribution in [2.24, 2.45) is 0 Å². The molecule has 0 aliphatic carbocycles. The number of nitrogens with one attached hydrogen (secondary N) is 2. The molecule has 1 fully saturated rings. The smallest absolute Gasteiger partial charge is 0.251 e. The van der Waals surface area contributed by atoms with Gasteiger partial charge in [0, 0.05) is 43.4 Å². The van der Waals surface area contributed by atoms with Gasteiger partial charge in [-0.3, -0.25) is 14.4 Å². The van der Waals surface area contributed by atoms with Crippen LogP contribution in [0.5, 0.6) is 0 Å². The van der Waals surface area contributed by atoms with E-state index in [-0.39, 0.29) is 23.4 Å². The number of H-pyrrole nitrogens is 1. The van der Waals surface area contributed by atoms with Gasteiger partial charge in [0.25, 0.3) is 5.91 Å². The maximum absolute atomic E-state index is 12.0. The number of pyridine rings is 1. The van der Waals surface area contributed by atoms with Crippen molar-refractivity contribution in [1.29, 1.82) is 0 Å². The number of carbonyl (C=O) groups is 2. The second-order valence-electron chi connectivity index (χ2n) is 4.90. The monoisotopic (exact) mass is 263 g/mol. The molecule has 2 N–H and O–H groups in total. The van der Waals surface area contributed by atoms with E-state index in [1.54, 1.807) is 24.9 Å². The Hall–Kier alpha value is -2.11. The van der Waals surface area contributed by atoms with E-state index in [9.17, 15) is 14.4 Å². The predicted octanol–water partition coefficient (Wildman–Crippen LogP) is 0.0339. The predicted molar refractivity (Wildman–Crippen MR) is 69.9 cm³/mol. The molecule has 102 valence electrons. The topological polar surface area (TPSA) is 82.3 Å². The Morgan fingerprint density at radius 2 is 2.16 bits per heavy atom. The molecule has 1 aliphatic heterocycles. The van der Waals surface area contributed by atoms with Gasteiger partial charge in [0.1, 0.15) is 0 Å². The van der Waals surface area contributed by atoms with E-state index in [4.69, 9.17) is 0 Å². The molecule has 0 saturated carbocycles. The summed E-state index contributed by atoms with van der Waals surface area (Å²) in [6.45, 7) is 2.23. The summed E-state index contributed by atoms with van der Waals surface area (Å²) in [4.78, 5) is 38.9. The normalized spacial score (nSPS) is 19.4. The highest BCUT2D eigenvalue weighted by molar-refractivity contribution is 5.94. The second-order valence-corrected chi connectivity index (χ2v) is 4.90. The van der Waals surface area contributed by atoms with Crippen molar-refractivity contribution >= 4 is 11.8 Å². The molecule has 0 aromatic carbocycles. The standard InChI is InChI=1S/C13H17N3O3/c1-8-5-9(6-11(17)14-8)13(19)15-10-3-4-12(18)16(2)7-10/h5-6,10H,3-4,7H2,1-2H3,(H,14,17)(H,15,19). The van der Waals surface area contributed by atoms with Crippen molar-refractivity contribution in [2.45, 2.75) is 25.8 Å². The number of hydrogen-bond donors (Lipinski definition) is 2. The van der Waals surface area contributed by atoms with Crippen molar-refractivity contribution < 1.29 is 9.59 Å². The minimum Gasteiger partial charge on any atom is -0.348 e.